The number of aryl methyl sites for hydroxylation is 1. The lowest BCUT2D eigenvalue weighted by Crippen LogP contribution is -2.68. The number of aromatic amines is 1. The second-order valence-corrected chi connectivity index (χ2v) is 18.8. The first-order valence-electron chi connectivity index (χ1n) is 12.8. The van der Waals surface area contributed by atoms with Gasteiger partial charge in [0.25, 0.3) is 13.9 Å². The minimum absolute atomic E-state index is 0.252. The highest BCUT2D eigenvalue weighted by atomic mass is 31.2. The molecule has 1 saturated heterocycles. The number of nitrogens with zero attached hydrogens (tertiary/aromatic N) is 1. The molecule has 3 aromatic rings. The lowest BCUT2D eigenvalue weighted by molar-refractivity contribution is 0.00687. The SMILES string of the molecule is Cc1cn([C@H]2CC(O[Si](c3ccccc3)(c3ccccc3)C(C)(C)C)[C@@H](/C=C/P(C)(C)=O)O2)c(=O)[nH]c1=O. The highest BCUT2D eigenvalue weighted by molar-refractivity contribution is 7.65. The molecule has 3 atom stereocenters. The number of H-pyrrole nitrogens is 1. The van der Waals surface area contributed by atoms with E-state index in [1.165, 1.54) is 10.8 Å². The highest BCUT2D eigenvalue weighted by Gasteiger charge is 2.53. The van der Waals surface area contributed by atoms with E-state index in [0.29, 0.717) is 12.0 Å². The van der Waals surface area contributed by atoms with Crippen LogP contribution in [0.2, 0.25) is 5.04 Å². The lowest BCUT2D eigenvalue weighted by Gasteiger charge is -2.45. The van der Waals surface area contributed by atoms with Gasteiger partial charge in [0, 0.05) is 18.2 Å². The number of rotatable bonds is 7. The van der Waals surface area contributed by atoms with Crippen LogP contribution in [0.4, 0.5) is 0 Å². The molecule has 0 bridgehead atoms. The van der Waals surface area contributed by atoms with Gasteiger partial charge >= 0.3 is 5.69 Å². The van der Waals surface area contributed by atoms with Gasteiger partial charge in [-0.2, -0.15) is 0 Å². The molecule has 1 unspecified atom stereocenters. The third-order valence-electron chi connectivity index (χ3n) is 6.95. The molecule has 2 aromatic carbocycles. The Labute approximate surface area is 225 Å². The fraction of sp³-hybridized carbons (Fsp3) is 0.379. The Morgan fingerprint density at radius 2 is 1.58 bits per heavy atom. The quantitative estimate of drug-likeness (QED) is 0.350. The highest BCUT2D eigenvalue weighted by Crippen LogP contribution is 2.43. The topological polar surface area (TPSA) is 90.4 Å². The molecular weight excluding hydrogens is 515 g/mol. The first-order chi connectivity index (χ1) is 17.8. The Hall–Kier alpha value is -2.77. The molecule has 1 N–H and O–H groups in total. The molecule has 0 spiro atoms. The van der Waals surface area contributed by atoms with E-state index in [-0.39, 0.29) is 5.04 Å². The van der Waals surface area contributed by atoms with Gasteiger partial charge in [-0.3, -0.25) is 14.3 Å². The Kier molecular flexibility index (Phi) is 8.01. The van der Waals surface area contributed by atoms with Crippen LogP contribution in [0.15, 0.2) is 88.3 Å². The summed E-state index contributed by atoms with van der Waals surface area (Å²) in [7, 11) is -5.40. The second kappa shape index (κ2) is 10.8. The van der Waals surface area contributed by atoms with Gasteiger partial charge in [-0.1, -0.05) is 81.4 Å². The molecule has 0 amide bonds. The average molecular weight is 553 g/mol. The number of nitrogens with one attached hydrogen (secondary N) is 1. The predicted octanol–water partition coefficient (Wildman–Crippen LogP) is 4.21. The van der Waals surface area contributed by atoms with E-state index in [1.807, 2.05) is 42.5 Å². The summed E-state index contributed by atoms with van der Waals surface area (Å²) in [4.78, 5) is 27.1. The molecule has 1 aromatic heterocycles. The van der Waals surface area contributed by atoms with Gasteiger partial charge in [0.2, 0.25) is 0 Å². The first-order valence-corrected chi connectivity index (χ1v) is 17.4. The molecule has 0 saturated carbocycles. The molecule has 0 radical (unpaired) electrons. The van der Waals surface area contributed by atoms with Crippen molar-refractivity contribution >= 4 is 25.8 Å². The molecule has 202 valence electrons. The third-order valence-corrected chi connectivity index (χ3v) is 12.9. The van der Waals surface area contributed by atoms with E-state index in [0.717, 1.165) is 10.4 Å². The fourth-order valence-corrected chi connectivity index (χ4v) is 10.4. The summed E-state index contributed by atoms with van der Waals surface area (Å²) in [6.07, 6.45) is 2.13. The minimum atomic E-state index is -2.92. The van der Waals surface area contributed by atoms with E-state index in [4.69, 9.17) is 9.16 Å². The number of ether oxygens (including phenoxy) is 1. The van der Waals surface area contributed by atoms with Crippen LogP contribution in [0.25, 0.3) is 0 Å². The monoisotopic (exact) mass is 552 g/mol. The average Bonchev–Trinajstić information content (AvgIpc) is 3.25. The van der Waals surface area contributed by atoms with Crippen LogP contribution >= 0.6 is 7.14 Å². The van der Waals surface area contributed by atoms with Gasteiger partial charge < -0.3 is 13.7 Å². The van der Waals surface area contributed by atoms with Crippen LogP contribution < -0.4 is 21.6 Å². The van der Waals surface area contributed by atoms with Crippen molar-refractivity contribution in [3.8, 4) is 0 Å². The van der Waals surface area contributed by atoms with Crippen molar-refractivity contribution in [2.24, 2.45) is 0 Å². The number of hydrogen-bond acceptors (Lipinski definition) is 5. The second-order valence-electron chi connectivity index (χ2n) is 11.4. The van der Waals surface area contributed by atoms with Gasteiger partial charge in [0.1, 0.15) is 19.5 Å². The summed E-state index contributed by atoms with van der Waals surface area (Å²) in [5.74, 6) is 1.70. The van der Waals surface area contributed by atoms with Crippen molar-refractivity contribution < 1.29 is 13.7 Å². The Bertz CT molecular complexity index is 1410. The first kappa shape index (κ1) is 28.2. The lowest BCUT2D eigenvalue weighted by atomic mass is 10.2. The summed E-state index contributed by atoms with van der Waals surface area (Å²) in [5, 5.41) is 2.02. The maximum absolute atomic E-state index is 12.7. The van der Waals surface area contributed by atoms with Crippen LogP contribution in [0.3, 0.4) is 0 Å². The van der Waals surface area contributed by atoms with Crippen LogP contribution in [-0.4, -0.2) is 43.4 Å². The summed E-state index contributed by atoms with van der Waals surface area (Å²) < 4.78 is 27.7. The van der Waals surface area contributed by atoms with Crippen molar-refractivity contribution in [1.29, 1.82) is 0 Å². The molecule has 1 fully saturated rings. The summed E-state index contributed by atoms with van der Waals surface area (Å²) in [6, 6.07) is 20.7. The van der Waals surface area contributed by atoms with Crippen molar-refractivity contribution in [2.75, 3.05) is 13.3 Å². The fourth-order valence-electron chi connectivity index (χ4n) is 5.13. The number of aromatic nitrogens is 2. The van der Waals surface area contributed by atoms with Crippen molar-refractivity contribution in [3.63, 3.8) is 0 Å². The number of hydrogen-bond donors (Lipinski definition) is 1. The van der Waals surface area contributed by atoms with E-state index in [2.05, 4.69) is 50.0 Å². The van der Waals surface area contributed by atoms with Gasteiger partial charge in [-0.15, -0.1) is 0 Å². The summed E-state index contributed by atoms with van der Waals surface area (Å²) in [5.41, 5.74) is -0.530. The summed E-state index contributed by atoms with van der Waals surface area (Å²) in [6.45, 7) is 11.7. The largest absolute Gasteiger partial charge is 0.401 e. The van der Waals surface area contributed by atoms with Crippen LogP contribution in [0.1, 0.15) is 39.0 Å². The summed E-state index contributed by atoms with van der Waals surface area (Å²) >= 11 is 0. The Balaban J connectivity index is 1.85. The molecule has 1 aliphatic heterocycles. The van der Waals surface area contributed by atoms with E-state index in [1.54, 1.807) is 26.1 Å². The molecule has 4 rings (SSSR count). The molecular formula is C29H37N2O5PSi. The molecule has 1 aliphatic rings. The van der Waals surface area contributed by atoms with E-state index < -0.39 is 45.1 Å². The zero-order chi connectivity index (χ0) is 27.7. The van der Waals surface area contributed by atoms with Gasteiger partial charge in [-0.05, 0) is 47.6 Å². The van der Waals surface area contributed by atoms with Crippen molar-refractivity contribution in [1.82, 2.24) is 9.55 Å². The van der Waals surface area contributed by atoms with E-state index in [9.17, 15) is 14.2 Å². The zero-order valence-electron chi connectivity index (χ0n) is 22.9. The molecule has 7 nitrogen and oxygen atoms in total. The van der Waals surface area contributed by atoms with Crippen molar-refractivity contribution in [3.05, 3.63) is 105 Å². The molecule has 0 aliphatic carbocycles. The maximum Gasteiger partial charge on any atom is 0.330 e. The molecule has 2 heterocycles. The van der Waals surface area contributed by atoms with Gasteiger partial charge in [0.15, 0.2) is 0 Å². The number of benzene rings is 2. The normalized spacial score (nSPS) is 20.7. The smallest absolute Gasteiger partial charge is 0.330 e. The minimum Gasteiger partial charge on any atom is -0.401 e. The van der Waals surface area contributed by atoms with Crippen LogP contribution in [-0.2, 0) is 13.7 Å². The predicted molar refractivity (Wildman–Crippen MR) is 156 cm³/mol. The Morgan fingerprint density at radius 1 is 1.03 bits per heavy atom. The molecule has 9 heteroatoms. The maximum atomic E-state index is 12.7. The zero-order valence-corrected chi connectivity index (χ0v) is 24.8. The van der Waals surface area contributed by atoms with Crippen molar-refractivity contribution in [2.45, 2.75) is 57.6 Å². The standard InChI is InChI=1S/C29H37N2O5PSi/c1-21-20-31(28(33)30-27(21)32)26-19-25(24(35-26)17-18-37(5,6)34)36-38(29(2,3)4,22-13-9-7-10-14-22)23-15-11-8-12-16-23/h7-18,20,24-26H,19H2,1-6H3,(H,30,32,33)/b18-17+/t24-,25?,26-/m1/s1. The molecule has 38 heavy (non-hydrogen) atoms. The Morgan fingerprint density at radius 3 is 2.08 bits per heavy atom. The van der Waals surface area contributed by atoms with Gasteiger partial charge in [-0.25, -0.2) is 4.79 Å². The van der Waals surface area contributed by atoms with Crippen LogP contribution in [0.5, 0.6) is 0 Å². The van der Waals surface area contributed by atoms with E-state index >= 15 is 0 Å². The van der Waals surface area contributed by atoms with Crippen LogP contribution in [0, 0.1) is 6.92 Å². The third kappa shape index (κ3) is 5.79. The van der Waals surface area contributed by atoms with Gasteiger partial charge in [0.05, 0.1) is 6.10 Å².